The molecule has 2 aliphatic rings. The fourth-order valence-corrected chi connectivity index (χ4v) is 3.22. The van der Waals surface area contributed by atoms with Gasteiger partial charge in [0.1, 0.15) is 11.5 Å². The van der Waals surface area contributed by atoms with Gasteiger partial charge < -0.3 is 5.32 Å². The third kappa shape index (κ3) is 2.44. The predicted octanol–water partition coefficient (Wildman–Crippen LogP) is 1.74. The molecule has 1 aliphatic heterocycles. The molecule has 8 nitrogen and oxygen atoms in total. The molecule has 2 N–H and O–H groups in total. The summed E-state index contributed by atoms with van der Waals surface area (Å²) in [6, 6.07) is 2.39. The van der Waals surface area contributed by atoms with Gasteiger partial charge in [0.05, 0.1) is 23.7 Å². The largest absolute Gasteiger partial charge is 0.366 e. The lowest BCUT2D eigenvalue weighted by atomic mass is 10.0. The summed E-state index contributed by atoms with van der Waals surface area (Å²) in [5, 5.41) is 19.3. The monoisotopic (exact) mass is 321 g/mol. The minimum Gasteiger partial charge on any atom is -0.366 e. The molecule has 1 fully saturated rings. The number of anilines is 1. The minimum atomic E-state index is -0.366. The van der Waals surface area contributed by atoms with E-state index in [1.807, 2.05) is 0 Å². The van der Waals surface area contributed by atoms with E-state index in [0.717, 1.165) is 24.8 Å². The molecule has 0 bridgehead atoms. The van der Waals surface area contributed by atoms with E-state index in [2.05, 4.69) is 36.5 Å². The molecule has 0 unspecified atom stereocenters. The maximum atomic E-state index is 12.1. The Morgan fingerprint density at radius 1 is 1.33 bits per heavy atom. The summed E-state index contributed by atoms with van der Waals surface area (Å²) in [6.07, 6.45) is 8.17. The maximum absolute atomic E-state index is 12.1. The first-order chi connectivity index (χ1) is 11.8. The minimum absolute atomic E-state index is 0.0408. The predicted molar refractivity (Wildman–Crippen MR) is 86.5 cm³/mol. The second-order valence-corrected chi connectivity index (χ2v) is 5.95. The third-order valence-corrected chi connectivity index (χ3v) is 4.47. The second kappa shape index (κ2) is 5.85. The van der Waals surface area contributed by atoms with E-state index in [4.69, 9.17) is 0 Å². The first kappa shape index (κ1) is 14.5. The van der Waals surface area contributed by atoms with E-state index >= 15 is 0 Å². The number of aliphatic imine (C=N–C) groups is 1. The van der Waals surface area contributed by atoms with Crippen LogP contribution in [-0.4, -0.2) is 38.3 Å². The van der Waals surface area contributed by atoms with Crippen LogP contribution in [0.25, 0.3) is 11.4 Å². The lowest BCUT2D eigenvalue weighted by Crippen LogP contribution is -2.26. The molecule has 24 heavy (non-hydrogen) atoms. The Hall–Kier alpha value is -3.08. The molecule has 2 aromatic rings. The molecule has 4 rings (SSSR count). The van der Waals surface area contributed by atoms with Gasteiger partial charge in [-0.2, -0.15) is 10.4 Å². The number of carbonyl (C=O) groups is 1. The van der Waals surface area contributed by atoms with E-state index in [-0.39, 0.29) is 17.9 Å². The zero-order valence-corrected chi connectivity index (χ0v) is 12.9. The number of aromatic nitrogens is 4. The highest BCUT2D eigenvalue weighted by Gasteiger charge is 2.30. The summed E-state index contributed by atoms with van der Waals surface area (Å²) in [5.74, 6) is 0.625. The number of nitriles is 1. The van der Waals surface area contributed by atoms with Crippen LogP contribution < -0.4 is 5.32 Å². The highest BCUT2D eigenvalue weighted by molar-refractivity contribution is 6.03. The quantitative estimate of drug-likeness (QED) is 0.888. The smallest absolute Gasteiger partial charge is 0.295 e. The van der Waals surface area contributed by atoms with Crippen LogP contribution in [0.2, 0.25) is 0 Å². The van der Waals surface area contributed by atoms with Crippen molar-refractivity contribution in [1.82, 2.24) is 20.2 Å². The van der Waals surface area contributed by atoms with Gasteiger partial charge in [0, 0.05) is 30.4 Å². The molecule has 8 heteroatoms. The Morgan fingerprint density at radius 2 is 2.25 bits per heavy atom. The number of carbonyl (C=O) groups excluding carboxylic acids is 1. The molecule has 2 atom stereocenters. The fourth-order valence-electron chi connectivity index (χ4n) is 3.22. The summed E-state index contributed by atoms with van der Waals surface area (Å²) in [4.78, 5) is 24.9. The molecule has 0 saturated heterocycles. The number of nitrogens with one attached hydrogen (secondary N) is 2. The Labute approximate surface area is 138 Å². The van der Waals surface area contributed by atoms with E-state index < -0.39 is 0 Å². The first-order valence-electron chi connectivity index (χ1n) is 7.89. The molecule has 1 saturated carbocycles. The van der Waals surface area contributed by atoms with Crippen molar-refractivity contribution in [2.45, 2.75) is 31.7 Å². The van der Waals surface area contributed by atoms with Crippen molar-refractivity contribution < 1.29 is 4.79 Å². The second-order valence-electron chi connectivity index (χ2n) is 5.95. The summed E-state index contributed by atoms with van der Waals surface area (Å²) in [5.41, 5.74) is 1.76. The number of aromatic amines is 1. The topological polar surface area (TPSA) is 120 Å². The average Bonchev–Trinajstić information content (AvgIpc) is 3.26. The van der Waals surface area contributed by atoms with Gasteiger partial charge >= 0.3 is 0 Å². The van der Waals surface area contributed by atoms with Crippen LogP contribution in [0.3, 0.4) is 0 Å². The van der Waals surface area contributed by atoms with Crippen LogP contribution in [0.5, 0.6) is 0 Å². The standard InChI is InChI=1S/C16H15N7O/c17-6-9-2-1-3-12(9)21-15-11-4-5-18-16(24)13(11)22-14(23-15)10-7-19-20-8-10/h5,7-9,12H,1-4H2,(H,19,20)(H,21,22,23)/t9-,12-/m0/s1. The summed E-state index contributed by atoms with van der Waals surface area (Å²) in [7, 11) is 0. The molecular formula is C16H15N7O. The lowest BCUT2D eigenvalue weighted by Gasteiger charge is -2.21. The Morgan fingerprint density at radius 3 is 3.04 bits per heavy atom. The average molecular weight is 321 g/mol. The van der Waals surface area contributed by atoms with Gasteiger partial charge in [-0.15, -0.1) is 0 Å². The molecule has 1 amide bonds. The molecule has 3 heterocycles. The molecule has 120 valence electrons. The van der Waals surface area contributed by atoms with Gasteiger partial charge in [-0.05, 0) is 19.3 Å². The highest BCUT2D eigenvalue weighted by atomic mass is 16.1. The molecule has 1 aliphatic carbocycles. The first-order valence-corrected chi connectivity index (χ1v) is 7.89. The van der Waals surface area contributed by atoms with Crippen LogP contribution in [0, 0.1) is 17.2 Å². The van der Waals surface area contributed by atoms with Gasteiger partial charge in [0.25, 0.3) is 5.91 Å². The number of hydrogen-bond donors (Lipinski definition) is 2. The van der Waals surface area contributed by atoms with Crippen molar-refractivity contribution in [3.8, 4) is 17.5 Å². The number of fused-ring (bicyclic) bond motifs is 1. The van der Waals surface area contributed by atoms with E-state index in [1.54, 1.807) is 18.6 Å². The molecule has 2 aromatic heterocycles. The SMILES string of the molecule is N#C[C@@H]1CCC[C@@H]1Nc1nc(-c2cn[nH]c2)nc2c1CC=NC2=O. The molecular weight excluding hydrogens is 306 g/mol. The number of rotatable bonds is 3. The number of H-pyrrole nitrogens is 1. The lowest BCUT2D eigenvalue weighted by molar-refractivity contribution is 0.0996. The third-order valence-electron chi connectivity index (χ3n) is 4.47. The Balaban J connectivity index is 1.77. The van der Waals surface area contributed by atoms with Crippen molar-refractivity contribution in [3.63, 3.8) is 0 Å². The van der Waals surface area contributed by atoms with Crippen molar-refractivity contribution in [3.05, 3.63) is 23.7 Å². The van der Waals surface area contributed by atoms with E-state index in [0.29, 0.717) is 29.3 Å². The van der Waals surface area contributed by atoms with Crippen molar-refractivity contribution >= 4 is 17.9 Å². The van der Waals surface area contributed by atoms with Crippen LogP contribution in [-0.2, 0) is 6.42 Å². The Bertz CT molecular complexity index is 850. The van der Waals surface area contributed by atoms with Crippen LogP contribution in [0.15, 0.2) is 17.4 Å². The maximum Gasteiger partial charge on any atom is 0.295 e. The van der Waals surface area contributed by atoms with Crippen molar-refractivity contribution in [2.24, 2.45) is 10.9 Å². The summed E-state index contributed by atoms with van der Waals surface area (Å²) >= 11 is 0. The van der Waals surface area contributed by atoms with Gasteiger partial charge in [-0.1, -0.05) is 0 Å². The number of nitrogens with zero attached hydrogens (tertiary/aromatic N) is 5. The molecule has 0 spiro atoms. The molecule has 0 radical (unpaired) electrons. The van der Waals surface area contributed by atoms with Crippen LogP contribution >= 0.6 is 0 Å². The summed E-state index contributed by atoms with van der Waals surface area (Å²) in [6.45, 7) is 0. The van der Waals surface area contributed by atoms with Gasteiger partial charge in [0.2, 0.25) is 0 Å². The summed E-state index contributed by atoms with van der Waals surface area (Å²) < 4.78 is 0. The van der Waals surface area contributed by atoms with Gasteiger partial charge in [-0.25, -0.2) is 15.0 Å². The number of amides is 1. The zero-order chi connectivity index (χ0) is 16.5. The van der Waals surface area contributed by atoms with E-state index in [1.165, 1.54) is 0 Å². The zero-order valence-electron chi connectivity index (χ0n) is 12.9. The van der Waals surface area contributed by atoms with Crippen LogP contribution in [0.4, 0.5) is 5.82 Å². The molecule has 0 aromatic carbocycles. The van der Waals surface area contributed by atoms with E-state index in [9.17, 15) is 10.1 Å². The number of hydrogen-bond acceptors (Lipinski definition) is 6. The van der Waals surface area contributed by atoms with Crippen LogP contribution in [0.1, 0.15) is 35.3 Å². The fraction of sp³-hybridized carbons (Fsp3) is 0.375. The Kier molecular flexibility index (Phi) is 3.54. The highest BCUT2D eigenvalue weighted by Crippen LogP contribution is 2.31. The van der Waals surface area contributed by atoms with Gasteiger partial charge in [-0.3, -0.25) is 9.89 Å². The normalized spacial score (nSPS) is 22.2. The van der Waals surface area contributed by atoms with Crippen molar-refractivity contribution in [2.75, 3.05) is 5.32 Å². The van der Waals surface area contributed by atoms with Crippen molar-refractivity contribution in [1.29, 1.82) is 5.26 Å². The van der Waals surface area contributed by atoms with Gasteiger partial charge in [0.15, 0.2) is 5.82 Å².